The van der Waals surface area contributed by atoms with Crippen LogP contribution >= 0.6 is 0 Å². The van der Waals surface area contributed by atoms with Crippen molar-refractivity contribution >= 4 is 0 Å². The van der Waals surface area contributed by atoms with Crippen molar-refractivity contribution in [1.29, 1.82) is 0 Å². The standard InChI is InChI=1S/C23H25F5.C22H23F5.C21H21F5.C20H19F5/c1-2-3-4-5-14-6-8-15(9-7-14)16-10-18(24)22(19(25)11-16)17-12-20(26)23(28)21(27)13-17;1-2-3-4-13-5-7-14(8-6-13)15-9-17(23)21(18(24)10-15)16-11-19(25)22(27)20(26)12-16;1-2-3-12-4-6-13(7-5-12)14-8-16(22)20(17(23)9-14)15-10-18(24)21(26)19(25)11-15;1-2-11-3-5-12(6-4-11)13-7-15(21)19(16(22)8-13)14-9-17(23)20(25)18(24)10-14/h10-15H,2-9H2,1H3;9-14H,2-8H2,1H3;8-13H,2-7H2,1H3;7-12H,2-6H2,1H3. The fraction of sp³-hybridized carbons (Fsp3) is 0.442. The van der Waals surface area contributed by atoms with E-state index in [0.29, 0.717) is 94.5 Å². The lowest BCUT2D eigenvalue weighted by atomic mass is 9.77. The molecular weight excluding hydrogens is 1410 g/mol. The Bertz CT molecular complexity index is 4100. The second-order valence-corrected chi connectivity index (χ2v) is 29.2. The first-order valence-electron chi connectivity index (χ1n) is 37.2. The molecule has 572 valence electrons. The average molecular weight is 1500 g/mol. The molecule has 0 aromatic heterocycles. The molecule has 0 nitrogen and oxygen atoms in total. The Hall–Kier alpha value is -7.64. The zero-order valence-electron chi connectivity index (χ0n) is 59.8. The molecule has 0 heterocycles. The van der Waals surface area contributed by atoms with Crippen LogP contribution in [0, 0.1) is 140 Å². The molecule has 106 heavy (non-hydrogen) atoms. The molecule has 4 aliphatic carbocycles. The van der Waals surface area contributed by atoms with Crippen molar-refractivity contribution in [2.45, 2.75) is 218 Å². The lowest BCUT2D eigenvalue weighted by molar-refractivity contribution is 0.302. The van der Waals surface area contributed by atoms with E-state index in [2.05, 4.69) is 27.7 Å². The van der Waals surface area contributed by atoms with E-state index in [1.54, 1.807) is 0 Å². The molecule has 4 aliphatic rings. The highest BCUT2D eigenvalue weighted by atomic mass is 19.2. The number of hydrogen-bond acceptors (Lipinski definition) is 0. The highest BCUT2D eigenvalue weighted by molar-refractivity contribution is 5.69. The Balaban J connectivity index is 0.000000164. The van der Waals surface area contributed by atoms with E-state index in [1.807, 2.05) is 0 Å². The first-order valence-corrected chi connectivity index (χ1v) is 37.2. The van der Waals surface area contributed by atoms with Crippen molar-refractivity contribution in [2.24, 2.45) is 23.7 Å². The molecule has 0 aliphatic heterocycles. The summed E-state index contributed by atoms with van der Waals surface area (Å²) in [6.07, 6.45) is 27.2. The third-order valence-corrected chi connectivity index (χ3v) is 22.1. The molecule has 0 atom stereocenters. The third-order valence-electron chi connectivity index (χ3n) is 22.1. The first kappa shape index (κ1) is 82.4. The van der Waals surface area contributed by atoms with E-state index in [1.165, 1.54) is 99.9 Å². The van der Waals surface area contributed by atoms with Crippen LogP contribution in [0.4, 0.5) is 87.8 Å². The van der Waals surface area contributed by atoms with Gasteiger partial charge in [-0.1, -0.05) is 91.9 Å². The quantitative estimate of drug-likeness (QED) is 0.0456. The maximum atomic E-state index is 14.6. The summed E-state index contributed by atoms with van der Waals surface area (Å²) in [4.78, 5) is 0. The van der Waals surface area contributed by atoms with E-state index in [0.717, 1.165) is 116 Å². The van der Waals surface area contributed by atoms with Crippen LogP contribution in [-0.4, -0.2) is 0 Å². The summed E-state index contributed by atoms with van der Waals surface area (Å²) in [5.74, 6) is -22.5. The van der Waals surface area contributed by atoms with E-state index in [4.69, 9.17) is 0 Å². The summed E-state index contributed by atoms with van der Waals surface area (Å²) >= 11 is 0. The monoisotopic (exact) mass is 1500 g/mol. The van der Waals surface area contributed by atoms with Gasteiger partial charge in [0, 0.05) is 0 Å². The summed E-state index contributed by atoms with van der Waals surface area (Å²) in [6, 6.07) is 14.8. The predicted molar refractivity (Wildman–Crippen MR) is 374 cm³/mol. The van der Waals surface area contributed by atoms with Crippen LogP contribution in [0.25, 0.3) is 44.5 Å². The minimum atomic E-state index is -1.66. The maximum absolute atomic E-state index is 14.6. The fourth-order valence-corrected chi connectivity index (χ4v) is 16.1. The van der Waals surface area contributed by atoms with Gasteiger partial charge in [0.1, 0.15) is 46.5 Å². The van der Waals surface area contributed by atoms with Crippen LogP contribution < -0.4 is 0 Å². The molecule has 0 radical (unpaired) electrons. The number of halogens is 20. The fourth-order valence-electron chi connectivity index (χ4n) is 16.1. The first-order chi connectivity index (χ1) is 50.6. The predicted octanol–water partition coefficient (Wildman–Crippen LogP) is 29.3. The van der Waals surface area contributed by atoms with Crippen LogP contribution in [-0.2, 0) is 0 Å². The van der Waals surface area contributed by atoms with Crippen molar-refractivity contribution in [2.75, 3.05) is 0 Å². The highest BCUT2D eigenvalue weighted by Gasteiger charge is 2.31. The Morgan fingerprint density at radius 2 is 0.406 bits per heavy atom. The molecule has 0 spiro atoms. The van der Waals surface area contributed by atoms with Gasteiger partial charge in [0.05, 0.1) is 22.3 Å². The van der Waals surface area contributed by atoms with Gasteiger partial charge in [0.2, 0.25) is 0 Å². The van der Waals surface area contributed by atoms with Gasteiger partial charge in [-0.2, -0.15) is 0 Å². The summed E-state index contributed by atoms with van der Waals surface area (Å²) in [5.41, 5.74) is -1.26. The largest absolute Gasteiger partial charge is 0.206 e. The van der Waals surface area contributed by atoms with Gasteiger partial charge >= 0.3 is 0 Å². The Labute approximate surface area is 607 Å². The zero-order valence-corrected chi connectivity index (χ0v) is 59.8. The van der Waals surface area contributed by atoms with Crippen molar-refractivity contribution < 1.29 is 87.8 Å². The van der Waals surface area contributed by atoms with Gasteiger partial charge in [0.15, 0.2) is 69.8 Å². The highest BCUT2D eigenvalue weighted by Crippen LogP contribution is 2.45. The minimum absolute atomic E-state index is 0.0853. The summed E-state index contributed by atoms with van der Waals surface area (Å²) in [7, 11) is 0. The molecule has 4 fully saturated rings. The Kier molecular flexibility index (Phi) is 29.5. The lowest BCUT2D eigenvalue weighted by Crippen LogP contribution is -2.14. The van der Waals surface area contributed by atoms with Gasteiger partial charge in [-0.15, -0.1) is 0 Å². The van der Waals surface area contributed by atoms with Crippen LogP contribution in [0.5, 0.6) is 0 Å². The van der Waals surface area contributed by atoms with Gasteiger partial charge in [0.25, 0.3) is 0 Å². The lowest BCUT2D eigenvalue weighted by Gasteiger charge is -2.29. The van der Waals surface area contributed by atoms with Gasteiger partial charge in [-0.3, -0.25) is 0 Å². The van der Waals surface area contributed by atoms with Crippen LogP contribution in [0.3, 0.4) is 0 Å². The second kappa shape index (κ2) is 37.9. The minimum Gasteiger partial charge on any atom is -0.206 e. The molecule has 0 bridgehead atoms. The van der Waals surface area contributed by atoms with Gasteiger partial charge < -0.3 is 0 Å². The van der Waals surface area contributed by atoms with Crippen LogP contribution in [0.2, 0.25) is 0 Å². The number of unbranched alkanes of at least 4 members (excludes halogenated alkanes) is 3. The van der Waals surface area contributed by atoms with Crippen LogP contribution in [0.15, 0.2) is 97.1 Å². The summed E-state index contributed by atoms with van der Waals surface area (Å²) < 4.78 is 276. The average Bonchev–Trinajstić information content (AvgIpc) is 0.804. The summed E-state index contributed by atoms with van der Waals surface area (Å²) in [6.45, 7) is 8.63. The van der Waals surface area contributed by atoms with Crippen molar-refractivity contribution in [1.82, 2.24) is 0 Å². The third kappa shape index (κ3) is 20.6. The topological polar surface area (TPSA) is 0 Å². The molecule has 0 N–H and O–H groups in total. The zero-order chi connectivity index (χ0) is 76.8. The molecule has 4 saturated carbocycles. The maximum Gasteiger partial charge on any atom is 0.194 e. The molecule has 0 amide bonds. The number of benzene rings is 8. The van der Waals surface area contributed by atoms with E-state index >= 15 is 0 Å². The Morgan fingerprint density at radius 1 is 0.208 bits per heavy atom. The number of rotatable bonds is 18. The molecule has 8 aromatic rings. The molecule has 12 rings (SSSR count). The smallest absolute Gasteiger partial charge is 0.194 e. The molecule has 0 unspecified atom stereocenters. The summed E-state index contributed by atoms with van der Waals surface area (Å²) in [5, 5.41) is 0. The van der Waals surface area contributed by atoms with Gasteiger partial charge in [-0.25, -0.2) is 87.8 Å². The number of hydrogen-bond donors (Lipinski definition) is 0. The second-order valence-electron chi connectivity index (χ2n) is 29.2. The van der Waals surface area contributed by atoms with Gasteiger partial charge in [-0.05, 0) is 292 Å². The van der Waals surface area contributed by atoms with Crippen LogP contribution in [0.1, 0.15) is 241 Å². The van der Waals surface area contributed by atoms with Crippen molar-refractivity contribution in [3.63, 3.8) is 0 Å². The molecule has 20 heteroatoms. The molecule has 0 saturated heterocycles. The molecular formula is C86H88F20. The SMILES string of the molecule is CCC1CCC(c2cc(F)c(-c3cc(F)c(F)c(F)c3)c(F)c2)CC1.CCCC1CCC(c2cc(F)c(-c3cc(F)c(F)c(F)c3)c(F)c2)CC1.CCCCC1CCC(c2cc(F)c(-c3cc(F)c(F)c(F)c3)c(F)c2)CC1.CCCCCC1CCC(c2cc(F)c(-c3cc(F)c(F)c(F)c3)c(F)c2)CC1. The van der Waals surface area contributed by atoms with Crippen molar-refractivity contribution in [3.8, 4) is 44.5 Å². The Morgan fingerprint density at radius 3 is 0.604 bits per heavy atom. The normalized spacial score (nSPS) is 20.2. The van der Waals surface area contributed by atoms with E-state index in [9.17, 15) is 87.8 Å². The van der Waals surface area contributed by atoms with E-state index < -0.39 is 139 Å². The van der Waals surface area contributed by atoms with Crippen molar-refractivity contribution in [3.05, 3.63) is 236 Å². The van der Waals surface area contributed by atoms with E-state index in [-0.39, 0.29) is 45.9 Å². The molecule has 8 aromatic carbocycles.